The van der Waals surface area contributed by atoms with Crippen molar-refractivity contribution in [2.45, 2.75) is 13.0 Å². The Labute approximate surface area is 124 Å². The van der Waals surface area contributed by atoms with Gasteiger partial charge in [0.05, 0.1) is 11.6 Å². The van der Waals surface area contributed by atoms with Gasteiger partial charge in [0.15, 0.2) is 6.61 Å². The van der Waals surface area contributed by atoms with E-state index in [0.717, 1.165) is 11.3 Å². The van der Waals surface area contributed by atoms with E-state index in [2.05, 4.69) is 11.4 Å². The predicted molar refractivity (Wildman–Crippen MR) is 80.7 cm³/mol. The van der Waals surface area contributed by atoms with E-state index in [1.807, 2.05) is 55.5 Å². The summed E-state index contributed by atoms with van der Waals surface area (Å²) in [6.45, 7) is 2.08. The Morgan fingerprint density at radius 2 is 1.90 bits per heavy atom. The molecule has 0 bridgehead atoms. The summed E-state index contributed by atoms with van der Waals surface area (Å²) < 4.78 is 5.21. The second kappa shape index (κ2) is 6.98. The monoisotopic (exact) mass is 277 g/mol. The highest BCUT2D eigenvalue weighted by Gasteiger charge is 2.06. The molecule has 0 aromatic heterocycles. The van der Waals surface area contributed by atoms with E-state index in [1.165, 1.54) is 0 Å². The number of nitrogens with zero attached hydrogens (tertiary/aromatic N) is 2. The van der Waals surface area contributed by atoms with Gasteiger partial charge in [0.25, 0.3) is 0 Å². The Morgan fingerprint density at radius 1 is 1.14 bits per heavy atom. The Morgan fingerprint density at radius 3 is 2.57 bits per heavy atom. The van der Waals surface area contributed by atoms with Gasteiger partial charge in [-0.25, -0.2) is 0 Å². The van der Waals surface area contributed by atoms with Crippen LogP contribution in [0.5, 0.6) is 5.75 Å². The van der Waals surface area contributed by atoms with Crippen LogP contribution in [0.2, 0.25) is 0 Å². The third-order valence-electron chi connectivity index (χ3n) is 3.06. The molecule has 0 radical (unpaired) electrons. The summed E-state index contributed by atoms with van der Waals surface area (Å²) in [5.41, 5.74) is 2.66. The lowest BCUT2D eigenvalue weighted by molar-refractivity contribution is 0.368. The van der Waals surface area contributed by atoms with Crippen LogP contribution in [0.25, 0.3) is 0 Å². The summed E-state index contributed by atoms with van der Waals surface area (Å²) in [7, 11) is 0. The van der Waals surface area contributed by atoms with Crippen LogP contribution in [0.15, 0.2) is 48.5 Å². The van der Waals surface area contributed by atoms with Crippen molar-refractivity contribution in [2.75, 3.05) is 11.9 Å². The molecule has 104 valence electrons. The highest BCUT2D eigenvalue weighted by Crippen LogP contribution is 2.22. The first-order valence-electron chi connectivity index (χ1n) is 6.59. The number of benzene rings is 2. The van der Waals surface area contributed by atoms with Crippen molar-refractivity contribution in [1.29, 1.82) is 10.5 Å². The molecule has 0 aliphatic heterocycles. The first-order chi connectivity index (χ1) is 10.2. The molecule has 0 amide bonds. The molecule has 0 spiro atoms. The third kappa shape index (κ3) is 3.99. The molecule has 0 saturated heterocycles. The molecule has 0 fully saturated rings. The zero-order valence-electron chi connectivity index (χ0n) is 11.7. The molecule has 0 saturated carbocycles. The zero-order chi connectivity index (χ0) is 15.1. The molecule has 0 heterocycles. The smallest absolute Gasteiger partial charge is 0.174 e. The number of nitriles is 2. The van der Waals surface area contributed by atoms with E-state index >= 15 is 0 Å². The number of hydrogen-bond donors (Lipinski definition) is 1. The fourth-order valence-electron chi connectivity index (χ4n) is 1.97. The lowest BCUT2D eigenvalue weighted by Crippen LogP contribution is -2.06. The van der Waals surface area contributed by atoms with Crippen LogP contribution in [0.4, 0.5) is 5.69 Å². The molecule has 0 aliphatic rings. The van der Waals surface area contributed by atoms with Crippen molar-refractivity contribution in [3.8, 4) is 17.9 Å². The van der Waals surface area contributed by atoms with Crippen LogP contribution in [0.3, 0.4) is 0 Å². The molecule has 1 N–H and O–H groups in total. The first kappa shape index (κ1) is 14.4. The summed E-state index contributed by atoms with van der Waals surface area (Å²) in [5, 5.41) is 20.8. The van der Waals surface area contributed by atoms with Crippen LogP contribution in [0, 0.1) is 22.7 Å². The van der Waals surface area contributed by atoms with Crippen molar-refractivity contribution in [2.24, 2.45) is 0 Å². The van der Waals surface area contributed by atoms with Crippen LogP contribution >= 0.6 is 0 Å². The van der Waals surface area contributed by atoms with Gasteiger partial charge >= 0.3 is 0 Å². The number of ether oxygens (including phenoxy) is 1. The Kier molecular flexibility index (Phi) is 4.79. The maximum Gasteiger partial charge on any atom is 0.174 e. The van der Waals surface area contributed by atoms with E-state index in [4.69, 9.17) is 15.3 Å². The summed E-state index contributed by atoms with van der Waals surface area (Å²) in [6, 6.07) is 19.1. The minimum absolute atomic E-state index is 0.0458. The molecular formula is C17H15N3O. The van der Waals surface area contributed by atoms with Gasteiger partial charge in [0, 0.05) is 11.7 Å². The lowest BCUT2D eigenvalue weighted by Gasteiger charge is -2.16. The van der Waals surface area contributed by atoms with Gasteiger partial charge in [-0.2, -0.15) is 10.5 Å². The SMILES string of the molecule is CC(Nc1ccc(OCC#N)cc1)c1cccc(C#N)c1. The molecule has 2 aromatic rings. The minimum atomic E-state index is 0.0458. The van der Waals surface area contributed by atoms with Crippen molar-refractivity contribution in [1.82, 2.24) is 0 Å². The largest absolute Gasteiger partial charge is 0.479 e. The zero-order valence-corrected chi connectivity index (χ0v) is 11.7. The molecule has 1 unspecified atom stereocenters. The lowest BCUT2D eigenvalue weighted by atomic mass is 10.1. The highest BCUT2D eigenvalue weighted by atomic mass is 16.5. The van der Waals surface area contributed by atoms with E-state index in [1.54, 1.807) is 6.07 Å². The summed E-state index contributed by atoms with van der Waals surface area (Å²) >= 11 is 0. The molecule has 2 rings (SSSR count). The van der Waals surface area contributed by atoms with E-state index in [0.29, 0.717) is 11.3 Å². The molecular weight excluding hydrogens is 262 g/mol. The van der Waals surface area contributed by atoms with Gasteiger partial charge in [-0.1, -0.05) is 12.1 Å². The third-order valence-corrected chi connectivity index (χ3v) is 3.06. The van der Waals surface area contributed by atoms with Gasteiger partial charge in [0.2, 0.25) is 0 Å². The van der Waals surface area contributed by atoms with Crippen molar-refractivity contribution < 1.29 is 4.74 Å². The number of rotatable bonds is 5. The average Bonchev–Trinajstić information content (AvgIpc) is 2.54. The summed E-state index contributed by atoms with van der Waals surface area (Å²) in [5.74, 6) is 0.668. The molecule has 4 heteroatoms. The quantitative estimate of drug-likeness (QED) is 0.906. The minimum Gasteiger partial charge on any atom is -0.479 e. The average molecular weight is 277 g/mol. The van der Waals surface area contributed by atoms with Gasteiger partial charge in [0.1, 0.15) is 11.8 Å². The number of hydrogen-bond acceptors (Lipinski definition) is 4. The van der Waals surface area contributed by atoms with Crippen LogP contribution in [-0.4, -0.2) is 6.61 Å². The van der Waals surface area contributed by atoms with Crippen molar-refractivity contribution in [3.63, 3.8) is 0 Å². The summed E-state index contributed by atoms with van der Waals surface area (Å²) in [6.07, 6.45) is 0. The van der Waals surface area contributed by atoms with E-state index < -0.39 is 0 Å². The normalized spacial score (nSPS) is 11.0. The molecule has 1 atom stereocenters. The first-order valence-corrected chi connectivity index (χ1v) is 6.59. The fraction of sp³-hybridized carbons (Fsp3) is 0.176. The summed E-state index contributed by atoms with van der Waals surface area (Å²) in [4.78, 5) is 0. The Balaban J connectivity index is 2.03. The van der Waals surface area contributed by atoms with Gasteiger partial charge in [-0.05, 0) is 48.9 Å². The van der Waals surface area contributed by atoms with Crippen molar-refractivity contribution in [3.05, 3.63) is 59.7 Å². The van der Waals surface area contributed by atoms with E-state index in [9.17, 15) is 0 Å². The second-order valence-corrected chi connectivity index (χ2v) is 4.57. The highest BCUT2D eigenvalue weighted by molar-refractivity contribution is 5.48. The Hall–Kier alpha value is -2.98. The van der Waals surface area contributed by atoms with Gasteiger partial charge < -0.3 is 10.1 Å². The van der Waals surface area contributed by atoms with E-state index in [-0.39, 0.29) is 12.6 Å². The van der Waals surface area contributed by atoms with Crippen LogP contribution in [0.1, 0.15) is 24.1 Å². The predicted octanol–water partition coefficient (Wildman–Crippen LogP) is 3.63. The second-order valence-electron chi connectivity index (χ2n) is 4.57. The maximum atomic E-state index is 8.93. The number of anilines is 1. The maximum absolute atomic E-state index is 8.93. The van der Waals surface area contributed by atoms with Gasteiger partial charge in [-0.3, -0.25) is 0 Å². The van der Waals surface area contributed by atoms with Crippen molar-refractivity contribution >= 4 is 5.69 Å². The molecule has 4 nitrogen and oxygen atoms in total. The van der Waals surface area contributed by atoms with Gasteiger partial charge in [-0.15, -0.1) is 0 Å². The molecule has 2 aromatic carbocycles. The van der Waals surface area contributed by atoms with Crippen LogP contribution < -0.4 is 10.1 Å². The number of nitrogens with one attached hydrogen (secondary N) is 1. The fourth-order valence-corrected chi connectivity index (χ4v) is 1.97. The Bertz CT molecular complexity index is 680. The molecule has 21 heavy (non-hydrogen) atoms. The van der Waals surface area contributed by atoms with Crippen LogP contribution in [-0.2, 0) is 0 Å². The topological polar surface area (TPSA) is 68.8 Å². The molecule has 0 aliphatic carbocycles. The standard InChI is InChI=1S/C17H15N3O/c1-13(15-4-2-3-14(11-15)12-19)20-16-5-7-17(8-6-16)21-10-9-18/h2-8,11,13,20H,10H2,1H3.